The van der Waals surface area contributed by atoms with Gasteiger partial charge >= 0.3 is 0 Å². The molecule has 0 radical (unpaired) electrons. The lowest BCUT2D eigenvalue weighted by Gasteiger charge is -2.10. The maximum Gasteiger partial charge on any atom is 0.219 e. The number of nitrogens with zero attached hydrogens (tertiary/aromatic N) is 1. The van der Waals surface area contributed by atoms with Gasteiger partial charge in [-0.3, -0.25) is 0 Å². The van der Waals surface area contributed by atoms with Gasteiger partial charge in [0.2, 0.25) is 5.88 Å². The summed E-state index contributed by atoms with van der Waals surface area (Å²) in [6.07, 6.45) is 0. The third kappa shape index (κ3) is 3.45. The van der Waals surface area contributed by atoms with Crippen LogP contribution in [0.2, 0.25) is 0 Å². The Morgan fingerprint density at radius 2 is 2.05 bits per heavy atom. The minimum Gasteiger partial charge on any atom is -0.497 e. The van der Waals surface area contributed by atoms with Crippen molar-refractivity contribution in [2.75, 3.05) is 7.11 Å². The van der Waals surface area contributed by atoms with Gasteiger partial charge in [-0.25, -0.2) is 4.98 Å². The summed E-state index contributed by atoms with van der Waals surface area (Å²) in [4.78, 5) is 4.28. The van der Waals surface area contributed by atoms with Crippen LogP contribution in [0, 0.1) is 6.92 Å². The third-order valence-electron chi connectivity index (χ3n) is 2.53. The fourth-order valence-corrected chi connectivity index (χ4v) is 2.09. The van der Waals surface area contributed by atoms with E-state index >= 15 is 0 Å². The van der Waals surface area contributed by atoms with E-state index in [2.05, 4.69) is 20.9 Å². The minimum atomic E-state index is -0.0382. The Morgan fingerprint density at radius 3 is 2.68 bits per heavy atom. The molecule has 0 saturated heterocycles. The van der Waals surface area contributed by atoms with Gasteiger partial charge < -0.3 is 14.6 Å². The quantitative estimate of drug-likeness (QED) is 0.936. The van der Waals surface area contributed by atoms with E-state index in [9.17, 15) is 0 Å². The first-order valence-corrected chi connectivity index (χ1v) is 6.51. The van der Waals surface area contributed by atoms with Crippen LogP contribution >= 0.6 is 15.9 Å². The zero-order valence-corrected chi connectivity index (χ0v) is 12.3. The van der Waals surface area contributed by atoms with Gasteiger partial charge in [0, 0.05) is 11.8 Å². The lowest BCUT2D eigenvalue weighted by Crippen LogP contribution is -1.94. The van der Waals surface area contributed by atoms with Gasteiger partial charge in [0.05, 0.1) is 18.2 Å². The molecule has 0 aliphatic heterocycles. The second-order valence-corrected chi connectivity index (χ2v) is 4.87. The molecule has 0 saturated carbocycles. The molecule has 4 nitrogen and oxygen atoms in total. The van der Waals surface area contributed by atoms with Gasteiger partial charge in [0.1, 0.15) is 11.5 Å². The maximum absolute atomic E-state index is 9.17. The first-order valence-electron chi connectivity index (χ1n) is 5.72. The second kappa shape index (κ2) is 6.04. The zero-order chi connectivity index (χ0) is 13.8. The van der Waals surface area contributed by atoms with Crippen molar-refractivity contribution >= 4 is 15.9 Å². The van der Waals surface area contributed by atoms with Crippen molar-refractivity contribution in [1.82, 2.24) is 4.98 Å². The van der Waals surface area contributed by atoms with Gasteiger partial charge in [0.25, 0.3) is 0 Å². The third-order valence-corrected chi connectivity index (χ3v) is 3.15. The Labute approximate surface area is 120 Å². The van der Waals surface area contributed by atoms with E-state index < -0.39 is 0 Å². The number of ether oxygens (including phenoxy) is 2. The summed E-state index contributed by atoms with van der Waals surface area (Å²) in [6, 6.07) is 8.95. The number of aliphatic hydroxyl groups is 1. The van der Waals surface area contributed by atoms with Crippen LogP contribution in [0.25, 0.3) is 0 Å². The largest absolute Gasteiger partial charge is 0.497 e. The molecule has 2 aromatic rings. The maximum atomic E-state index is 9.17. The molecule has 1 aromatic carbocycles. The number of pyridine rings is 1. The van der Waals surface area contributed by atoms with Crippen molar-refractivity contribution in [2.24, 2.45) is 0 Å². The monoisotopic (exact) mass is 323 g/mol. The average Bonchev–Trinajstić information content (AvgIpc) is 2.40. The van der Waals surface area contributed by atoms with Crippen molar-refractivity contribution in [3.05, 3.63) is 46.1 Å². The molecule has 0 fully saturated rings. The van der Waals surface area contributed by atoms with Crippen molar-refractivity contribution in [3.8, 4) is 17.4 Å². The van der Waals surface area contributed by atoms with E-state index in [1.807, 2.05) is 25.1 Å². The molecule has 5 heteroatoms. The molecule has 0 unspecified atom stereocenters. The van der Waals surface area contributed by atoms with E-state index in [1.165, 1.54) is 0 Å². The first-order chi connectivity index (χ1) is 9.12. The number of benzene rings is 1. The average molecular weight is 324 g/mol. The van der Waals surface area contributed by atoms with E-state index in [-0.39, 0.29) is 6.61 Å². The van der Waals surface area contributed by atoms with Gasteiger partial charge in [0.15, 0.2) is 0 Å². The highest BCUT2D eigenvalue weighted by Crippen LogP contribution is 2.32. The molecule has 2 rings (SSSR count). The number of aromatic nitrogens is 1. The summed E-state index contributed by atoms with van der Waals surface area (Å²) in [7, 11) is 1.61. The Kier molecular flexibility index (Phi) is 4.39. The van der Waals surface area contributed by atoms with Crippen molar-refractivity contribution in [2.45, 2.75) is 13.5 Å². The molecule has 1 heterocycles. The molecule has 0 amide bonds. The predicted octanol–water partition coefficient (Wildman–Crippen LogP) is 3.45. The van der Waals surface area contributed by atoms with Crippen LogP contribution in [-0.2, 0) is 6.61 Å². The molecule has 0 aliphatic carbocycles. The summed E-state index contributed by atoms with van der Waals surface area (Å²) in [6.45, 7) is 1.82. The van der Waals surface area contributed by atoms with Gasteiger partial charge in [-0.05, 0) is 52.7 Å². The predicted molar refractivity (Wildman–Crippen MR) is 75.7 cm³/mol. The number of aryl methyl sites for hydroxylation is 1. The van der Waals surface area contributed by atoms with E-state index in [4.69, 9.17) is 14.6 Å². The summed E-state index contributed by atoms with van der Waals surface area (Å²) in [5, 5.41) is 9.17. The van der Waals surface area contributed by atoms with Gasteiger partial charge in [-0.2, -0.15) is 0 Å². The molecule has 1 aromatic heterocycles. The Hall–Kier alpha value is -1.59. The fraction of sp³-hybridized carbons (Fsp3) is 0.214. The van der Waals surface area contributed by atoms with Gasteiger partial charge in [-0.1, -0.05) is 0 Å². The SMILES string of the molecule is COc1ccc(Oc2cc(CO)cc(C)n2)c(Br)c1. The first kappa shape index (κ1) is 13.8. The molecular formula is C14H14BrNO3. The molecule has 100 valence electrons. The number of hydrogen-bond acceptors (Lipinski definition) is 4. The van der Waals surface area contributed by atoms with Crippen LogP contribution in [0.3, 0.4) is 0 Å². The summed E-state index contributed by atoms with van der Waals surface area (Å²) >= 11 is 3.42. The topological polar surface area (TPSA) is 51.6 Å². The highest BCUT2D eigenvalue weighted by atomic mass is 79.9. The Balaban J connectivity index is 2.28. The van der Waals surface area contributed by atoms with Crippen LogP contribution in [0.4, 0.5) is 0 Å². The lowest BCUT2D eigenvalue weighted by molar-refractivity contribution is 0.281. The molecule has 19 heavy (non-hydrogen) atoms. The Bertz CT molecular complexity index is 587. The molecule has 0 aliphatic rings. The van der Waals surface area contributed by atoms with Crippen LogP contribution in [0.1, 0.15) is 11.3 Å². The van der Waals surface area contributed by atoms with Crippen molar-refractivity contribution < 1.29 is 14.6 Å². The van der Waals surface area contributed by atoms with Crippen LogP contribution in [0.5, 0.6) is 17.4 Å². The number of halogens is 1. The van der Waals surface area contributed by atoms with Crippen LogP contribution in [-0.4, -0.2) is 17.2 Å². The number of hydrogen-bond donors (Lipinski definition) is 1. The number of rotatable bonds is 4. The normalized spacial score (nSPS) is 10.3. The second-order valence-electron chi connectivity index (χ2n) is 4.01. The summed E-state index contributed by atoms with van der Waals surface area (Å²) in [5.41, 5.74) is 1.57. The molecule has 0 bridgehead atoms. The van der Waals surface area contributed by atoms with Crippen molar-refractivity contribution in [1.29, 1.82) is 0 Å². The van der Waals surface area contributed by atoms with Crippen LogP contribution < -0.4 is 9.47 Å². The molecule has 0 atom stereocenters. The minimum absolute atomic E-state index is 0.0382. The number of methoxy groups -OCH3 is 1. The highest BCUT2D eigenvalue weighted by molar-refractivity contribution is 9.10. The van der Waals surface area contributed by atoms with Gasteiger partial charge in [-0.15, -0.1) is 0 Å². The zero-order valence-electron chi connectivity index (χ0n) is 10.7. The Morgan fingerprint density at radius 1 is 1.26 bits per heavy atom. The van der Waals surface area contributed by atoms with E-state index in [0.29, 0.717) is 11.6 Å². The molecular weight excluding hydrogens is 310 g/mol. The molecule has 1 N–H and O–H groups in total. The highest BCUT2D eigenvalue weighted by Gasteiger charge is 2.07. The fourth-order valence-electron chi connectivity index (χ4n) is 1.65. The summed E-state index contributed by atoms with van der Waals surface area (Å²) in [5.74, 6) is 1.84. The van der Waals surface area contributed by atoms with Crippen LogP contribution in [0.15, 0.2) is 34.8 Å². The van der Waals surface area contributed by atoms with E-state index in [0.717, 1.165) is 21.5 Å². The standard InChI is InChI=1S/C14H14BrNO3/c1-9-5-10(8-17)6-14(16-9)19-13-4-3-11(18-2)7-12(13)15/h3-7,17H,8H2,1-2H3. The summed E-state index contributed by atoms with van der Waals surface area (Å²) < 4.78 is 11.6. The van der Waals surface area contributed by atoms with Crippen molar-refractivity contribution in [3.63, 3.8) is 0 Å². The smallest absolute Gasteiger partial charge is 0.219 e. The number of aliphatic hydroxyl groups excluding tert-OH is 1. The lowest BCUT2D eigenvalue weighted by atomic mass is 10.2. The van der Waals surface area contributed by atoms with E-state index in [1.54, 1.807) is 19.2 Å². The molecule has 0 spiro atoms.